The average molecular weight is 599 g/mol. The number of thiophene rings is 1. The predicted molar refractivity (Wildman–Crippen MR) is 155 cm³/mol. The van der Waals surface area contributed by atoms with E-state index < -0.39 is 5.82 Å². The number of carbonyl (C=O) groups is 1. The highest BCUT2D eigenvalue weighted by Crippen LogP contribution is 2.39. The van der Waals surface area contributed by atoms with Crippen LogP contribution in [0.2, 0.25) is 0 Å². The van der Waals surface area contributed by atoms with Crippen LogP contribution in [0.25, 0.3) is 20.8 Å². The van der Waals surface area contributed by atoms with Crippen molar-refractivity contribution in [1.82, 2.24) is 20.0 Å². The third-order valence-electron chi connectivity index (χ3n) is 6.64. The fourth-order valence-electron chi connectivity index (χ4n) is 4.28. The van der Waals surface area contributed by atoms with Crippen LogP contribution in [0.15, 0.2) is 42.7 Å². The number of hydrogen-bond acceptors (Lipinski definition) is 10. The number of nitrogens with zero attached hydrogens (tertiary/aromatic N) is 4. The maximum Gasteiger partial charge on any atom is 0.166 e. The number of carbonyl (C=O) groups excluding carboxylic acids is 1. The lowest BCUT2D eigenvalue weighted by molar-refractivity contribution is -0.118. The third-order valence-corrected chi connectivity index (χ3v) is 7.80. The number of halogens is 1. The summed E-state index contributed by atoms with van der Waals surface area (Å²) in [7, 11) is 1.64. The van der Waals surface area contributed by atoms with E-state index in [0.717, 1.165) is 27.9 Å². The number of rotatable bonds is 19. The van der Waals surface area contributed by atoms with Crippen LogP contribution >= 0.6 is 11.3 Å². The first kappa shape index (κ1) is 30.2. The van der Waals surface area contributed by atoms with Gasteiger partial charge in [0.25, 0.3) is 0 Å². The van der Waals surface area contributed by atoms with Crippen LogP contribution in [0.4, 0.5) is 4.39 Å². The standard InChI is InChI=1S/C30H35FN4O6S/c1-37-10-11-39-14-15-40-13-12-38-9-8-35-20-26(33-34-35)29-19-25-30(42-29)28(6-7-32-25)41-27-5-4-22(18-24(27)31)17-23(36)16-21-2-3-21/h4-7,18-21H,2-3,8-17H2,1H3. The first-order chi connectivity index (χ1) is 20.6. The van der Waals surface area contributed by atoms with Crippen molar-refractivity contribution in [2.75, 3.05) is 53.4 Å². The Bertz CT molecular complexity index is 1460. The van der Waals surface area contributed by atoms with Crippen molar-refractivity contribution < 1.29 is 32.9 Å². The van der Waals surface area contributed by atoms with Gasteiger partial charge in [0.2, 0.25) is 0 Å². The minimum atomic E-state index is -0.503. The molecule has 0 N–H and O–H groups in total. The van der Waals surface area contributed by atoms with Crippen molar-refractivity contribution in [3.8, 4) is 22.1 Å². The number of hydrogen-bond donors (Lipinski definition) is 0. The summed E-state index contributed by atoms with van der Waals surface area (Å²) in [4.78, 5) is 17.5. The van der Waals surface area contributed by atoms with Crippen molar-refractivity contribution in [1.29, 1.82) is 0 Å². The van der Waals surface area contributed by atoms with E-state index in [1.165, 1.54) is 17.4 Å². The second kappa shape index (κ2) is 15.3. The molecular weight excluding hydrogens is 563 g/mol. The lowest BCUT2D eigenvalue weighted by Gasteiger charge is -2.09. The van der Waals surface area contributed by atoms with Gasteiger partial charge in [-0.25, -0.2) is 9.07 Å². The van der Waals surface area contributed by atoms with Crippen LogP contribution < -0.4 is 4.74 Å². The molecule has 0 amide bonds. The Morgan fingerprint density at radius 2 is 1.76 bits per heavy atom. The molecule has 3 aromatic heterocycles. The largest absolute Gasteiger partial charge is 0.453 e. The number of aromatic nitrogens is 4. The number of ketones is 1. The first-order valence-electron chi connectivity index (χ1n) is 14.1. The van der Waals surface area contributed by atoms with Crippen molar-refractivity contribution in [3.05, 3.63) is 54.1 Å². The van der Waals surface area contributed by atoms with E-state index in [4.69, 9.17) is 23.7 Å². The summed E-state index contributed by atoms with van der Waals surface area (Å²) in [6.07, 6.45) is 6.55. The van der Waals surface area contributed by atoms with Crippen LogP contribution in [-0.4, -0.2) is 79.1 Å². The molecule has 12 heteroatoms. The molecule has 1 aliphatic carbocycles. The predicted octanol–water partition coefficient (Wildman–Crippen LogP) is 5.09. The van der Waals surface area contributed by atoms with E-state index in [1.807, 2.05) is 12.3 Å². The summed E-state index contributed by atoms with van der Waals surface area (Å²) in [6.45, 7) is 4.16. The molecule has 0 bridgehead atoms. The van der Waals surface area contributed by atoms with Gasteiger partial charge in [0.05, 0.1) is 74.1 Å². The van der Waals surface area contributed by atoms with Gasteiger partial charge in [-0.2, -0.15) is 0 Å². The number of pyridine rings is 1. The van der Waals surface area contributed by atoms with E-state index >= 15 is 0 Å². The van der Waals surface area contributed by atoms with Gasteiger partial charge in [-0.05, 0) is 42.5 Å². The minimum Gasteiger partial charge on any atom is -0.453 e. The highest BCUT2D eigenvalue weighted by Gasteiger charge is 2.24. The van der Waals surface area contributed by atoms with Gasteiger partial charge >= 0.3 is 0 Å². The second-order valence-electron chi connectivity index (χ2n) is 10.1. The maximum atomic E-state index is 14.9. The smallest absolute Gasteiger partial charge is 0.166 e. The SMILES string of the molecule is COCCOCCOCCOCCn1cc(-c2cc3nccc(Oc4ccc(CC(=O)CC5CC5)cc4F)c3s2)nn1. The molecule has 0 saturated heterocycles. The van der Waals surface area contributed by atoms with Gasteiger partial charge in [0, 0.05) is 32.2 Å². The fraction of sp³-hybridized carbons (Fsp3) is 0.467. The molecule has 0 unspecified atom stereocenters. The zero-order chi connectivity index (χ0) is 29.1. The molecule has 0 aliphatic heterocycles. The Labute approximate surface area is 247 Å². The molecule has 5 rings (SSSR count). The van der Waals surface area contributed by atoms with Gasteiger partial charge in [-0.1, -0.05) is 11.3 Å². The second-order valence-corrected chi connectivity index (χ2v) is 11.1. The van der Waals surface area contributed by atoms with Gasteiger partial charge in [0.1, 0.15) is 17.2 Å². The van der Waals surface area contributed by atoms with E-state index in [1.54, 1.807) is 36.2 Å². The zero-order valence-electron chi connectivity index (χ0n) is 23.6. The monoisotopic (exact) mass is 598 g/mol. The highest BCUT2D eigenvalue weighted by molar-refractivity contribution is 7.22. The minimum absolute atomic E-state index is 0.0996. The van der Waals surface area contributed by atoms with Crippen molar-refractivity contribution in [3.63, 3.8) is 0 Å². The third kappa shape index (κ3) is 8.85. The van der Waals surface area contributed by atoms with E-state index in [2.05, 4.69) is 15.3 Å². The lowest BCUT2D eigenvalue weighted by atomic mass is 10.0. The summed E-state index contributed by atoms with van der Waals surface area (Å²) in [5, 5.41) is 8.50. The molecule has 0 atom stereocenters. The molecule has 224 valence electrons. The van der Waals surface area contributed by atoms with Gasteiger partial charge in [-0.3, -0.25) is 9.78 Å². The number of Topliss-reactive ketones (excluding diaryl/α,β-unsaturated/α-hetero) is 1. The number of methoxy groups -OCH3 is 1. The Morgan fingerprint density at radius 1 is 1.00 bits per heavy atom. The summed E-state index contributed by atoms with van der Waals surface area (Å²) in [5.41, 5.74) is 2.08. The van der Waals surface area contributed by atoms with Crippen molar-refractivity contribution in [2.45, 2.75) is 32.2 Å². The molecule has 0 spiro atoms. The van der Waals surface area contributed by atoms with Crippen LogP contribution in [0.5, 0.6) is 11.5 Å². The maximum absolute atomic E-state index is 14.9. The quantitative estimate of drug-likeness (QED) is 0.136. The zero-order valence-corrected chi connectivity index (χ0v) is 24.4. The molecule has 1 aromatic carbocycles. The summed E-state index contributed by atoms with van der Waals surface area (Å²) < 4.78 is 44.7. The average Bonchev–Trinajstić information content (AvgIpc) is 3.47. The number of ether oxygens (including phenoxy) is 5. The van der Waals surface area contributed by atoms with Crippen LogP contribution in [0.1, 0.15) is 24.8 Å². The van der Waals surface area contributed by atoms with E-state index in [-0.39, 0.29) is 18.0 Å². The van der Waals surface area contributed by atoms with E-state index in [0.29, 0.717) is 82.1 Å². The molecule has 4 aromatic rings. The topological polar surface area (TPSA) is 107 Å². The molecule has 0 radical (unpaired) electrons. The molecule has 1 fully saturated rings. The van der Waals surface area contributed by atoms with Crippen LogP contribution in [-0.2, 0) is 36.7 Å². The molecule has 1 aliphatic rings. The van der Waals surface area contributed by atoms with E-state index in [9.17, 15) is 9.18 Å². The summed E-state index contributed by atoms with van der Waals surface area (Å²) in [5.74, 6) is 0.766. The molecule has 10 nitrogen and oxygen atoms in total. The number of fused-ring (bicyclic) bond motifs is 1. The molecule has 42 heavy (non-hydrogen) atoms. The lowest BCUT2D eigenvalue weighted by Crippen LogP contribution is -2.13. The summed E-state index contributed by atoms with van der Waals surface area (Å²) >= 11 is 1.45. The van der Waals surface area contributed by atoms with Gasteiger partial charge in [-0.15, -0.1) is 16.4 Å². The molecule has 3 heterocycles. The highest BCUT2D eigenvalue weighted by atomic mass is 32.1. The summed E-state index contributed by atoms with van der Waals surface area (Å²) in [6, 6.07) is 8.33. The van der Waals surface area contributed by atoms with Crippen molar-refractivity contribution in [2.24, 2.45) is 5.92 Å². The number of benzene rings is 1. The van der Waals surface area contributed by atoms with Crippen molar-refractivity contribution >= 4 is 27.3 Å². The van der Waals surface area contributed by atoms with Crippen LogP contribution in [0, 0.1) is 11.7 Å². The Balaban J connectivity index is 1.11. The Hall–Kier alpha value is -3.29. The Morgan fingerprint density at radius 3 is 2.50 bits per heavy atom. The molecule has 1 saturated carbocycles. The molecular formula is C30H35FN4O6S. The normalized spacial score (nSPS) is 13.2. The van der Waals surface area contributed by atoms with Crippen LogP contribution in [0.3, 0.4) is 0 Å². The van der Waals surface area contributed by atoms with Gasteiger partial charge < -0.3 is 23.7 Å². The first-order valence-corrected chi connectivity index (χ1v) is 14.9. The Kier molecular flexibility index (Phi) is 11.0. The van der Waals surface area contributed by atoms with Gasteiger partial charge in [0.15, 0.2) is 11.6 Å². The fourth-order valence-corrected chi connectivity index (χ4v) is 5.30.